The van der Waals surface area contributed by atoms with Crippen molar-refractivity contribution in [2.75, 3.05) is 11.6 Å². The van der Waals surface area contributed by atoms with Gasteiger partial charge in [-0.3, -0.25) is 4.79 Å². The van der Waals surface area contributed by atoms with Crippen molar-refractivity contribution >= 4 is 35.0 Å². The van der Waals surface area contributed by atoms with E-state index in [1.807, 2.05) is 45.2 Å². The molecule has 6 nitrogen and oxygen atoms in total. The van der Waals surface area contributed by atoms with E-state index in [9.17, 15) is 4.79 Å². The maximum Gasteiger partial charge on any atom is 0.260 e. The number of para-hydroxylation sites is 1. The maximum absolute atomic E-state index is 12.8. The first-order valence-electron chi connectivity index (χ1n) is 8.44. The average molecular weight is 402 g/mol. The third kappa shape index (κ3) is 4.14. The number of aryl methyl sites for hydroxylation is 1. The Bertz CT molecular complexity index is 986. The van der Waals surface area contributed by atoms with Crippen molar-refractivity contribution in [3.63, 3.8) is 0 Å². The highest BCUT2D eigenvalue weighted by Crippen LogP contribution is 2.25. The smallest absolute Gasteiger partial charge is 0.260 e. The van der Waals surface area contributed by atoms with Crippen molar-refractivity contribution in [3.05, 3.63) is 58.8 Å². The van der Waals surface area contributed by atoms with Gasteiger partial charge < -0.3 is 5.32 Å². The fourth-order valence-electron chi connectivity index (χ4n) is 2.58. The summed E-state index contributed by atoms with van der Waals surface area (Å²) in [5.41, 5.74) is 2.45. The Labute approximate surface area is 167 Å². The second-order valence-corrected chi connectivity index (χ2v) is 7.49. The molecule has 0 radical (unpaired) electrons. The summed E-state index contributed by atoms with van der Waals surface area (Å²) in [6.45, 7) is 5.89. The number of nitrogens with zero attached hydrogens (tertiary/aromatic N) is 4. The molecule has 3 aromatic rings. The van der Waals surface area contributed by atoms with E-state index >= 15 is 0 Å². The molecule has 0 atom stereocenters. The lowest BCUT2D eigenvalue weighted by atomic mass is 10.1. The van der Waals surface area contributed by atoms with Gasteiger partial charge in [-0.2, -0.15) is 5.10 Å². The van der Waals surface area contributed by atoms with Crippen LogP contribution in [0.4, 0.5) is 5.69 Å². The van der Waals surface area contributed by atoms with Crippen molar-refractivity contribution in [1.82, 2.24) is 19.7 Å². The van der Waals surface area contributed by atoms with Gasteiger partial charge in [0.05, 0.1) is 40.0 Å². The van der Waals surface area contributed by atoms with Crippen LogP contribution in [0.1, 0.15) is 41.6 Å². The normalized spacial score (nSPS) is 11.0. The summed E-state index contributed by atoms with van der Waals surface area (Å²) in [6, 6.07) is 7.38. The highest BCUT2D eigenvalue weighted by atomic mass is 35.5. The Morgan fingerprint density at radius 1 is 1.26 bits per heavy atom. The summed E-state index contributed by atoms with van der Waals surface area (Å²) in [5.74, 6) is 0.673. The van der Waals surface area contributed by atoms with Crippen LogP contribution >= 0.6 is 23.4 Å². The Kier molecular flexibility index (Phi) is 5.82. The lowest BCUT2D eigenvalue weighted by Crippen LogP contribution is -2.17. The lowest BCUT2D eigenvalue weighted by Gasteiger charge is -2.13. The number of carbonyl (C=O) groups is 1. The van der Waals surface area contributed by atoms with Gasteiger partial charge in [0.15, 0.2) is 0 Å². The van der Waals surface area contributed by atoms with Crippen molar-refractivity contribution in [2.24, 2.45) is 0 Å². The van der Waals surface area contributed by atoms with Crippen molar-refractivity contribution in [1.29, 1.82) is 0 Å². The summed E-state index contributed by atoms with van der Waals surface area (Å²) < 4.78 is 1.62. The summed E-state index contributed by atoms with van der Waals surface area (Å²) in [6.07, 6.45) is 5.20. The third-order valence-electron chi connectivity index (χ3n) is 3.95. The predicted octanol–water partition coefficient (Wildman–Crippen LogP) is 4.72. The van der Waals surface area contributed by atoms with Crippen molar-refractivity contribution in [3.8, 4) is 5.69 Å². The molecule has 8 heteroatoms. The van der Waals surface area contributed by atoms with E-state index in [0.29, 0.717) is 27.0 Å². The summed E-state index contributed by atoms with van der Waals surface area (Å²) in [7, 11) is 0. The predicted molar refractivity (Wildman–Crippen MR) is 109 cm³/mol. The second kappa shape index (κ2) is 8.10. The highest BCUT2D eigenvalue weighted by molar-refractivity contribution is 7.98. The van der Waals surface area contributed by atoms with Crippen molar-refractivity contribution < 1.29 is 4.79 Å². The number of benzene rings is 1. The van der Waals surface area contributed by atoms with Gasteiger partial charge in [-0.1, -0.05) is 37.6 Å². The minimum atomic E-state index is -0.258. The molecule has 1 N–H and O–H groups in total. The molecule has 1 aromatic carbocycles. The van der Waals surface area contributed by atoms with E-state index in [1.54, 1.807) is 23.1 Å². The van der Waals surface area contributed by atoms with E-state index in [-0.39, 0.29) is 11.8 Å². The molecule has 0 unspecified atom stereocenters. The topological polar surface area (TPSA) is 72.7 Å². The Balaban J connectivity index is 1.87. The van der Waals surface area contributed by atoms with E-state index in [4.69, 9.17) is 11.6 Å². The fourth-order valence-corrected chi connectivity index (χ4v) is 3.44. The zero-order valence-corrected chi connectivity index (χ0v) is 17.1. The van der Waals surface area contributed by atoms with Crippen molar-refractivity contribution in [2.45, 2.75) is 31.7 Å². The molecule has 2 aromatic heterocycles. The summed E-state index contributed by atoms with van der Waals surface area (Å²) >= 11 is 7.64. The quantitative estimate of drug-likeness (QED) is 0.494. The van der Waals surface area contributed by atoms with Gasteiger partial charge in [0.2, 0.25) is 0 Å². The number of nitrogens with one attached hydrogen (secondary N) is 1. The molecule has 0 saturated heterocycles. The van der Waals surface area contributed by atoms with E-state index in [0.717, 1.165) is 11.5 Å². The molecule has 140 valence electrons. The molecule has 0 aliphatic rings. The molecule has 0 aliphatic heterocycles. The molecule has 2 heterocycles. The van der Waals surface area contributed by atoms with Crippen LogP contribution in [0.25, 0.3) is 5.69 Å². The number of rotatable bonds is 5. The molecule has 0 bridgehead atoms. The largest absolute Gasteiger partial charge is 0.319 e. The van der Waals surface area contributed by atoms with Crippen LogP contribution in [0.2, 0.25) is 5.02 Å². The average Bonchev–Trinajstić information content (AvgIpc) is 3.09. The number of anilines is 1. The van der Waals surface area contributed by atoms with E-state index < -0.39 is 0 Å². The Hall–Kier alpha value is -2.38. The Morgan fingerprint density at radius 3 is 2.67 bits per heavy atom. The van der Waals surface area contributed by atoms with Crippen LogP contribution < -0.4 is 5.32 Å². The second-order valence-electron chi connectivity index (χ2n) is 6.29. The molecular formula is C19H20ClN5OS. The van der Waals surface area contributed by atoms with E-state index in [1.165, 1.54) is 11.8 Å². The zero-order chi connectivity index (χ0) is 19.6. The molecule has 0 saturated carbocycles. The number of halogens is 1. The van der Waals surface area contributed by atoms with Crippen LogP contribution in [-0.2, 0) is 0 Å². The molecule has 1 amide bonds. The van der Waals surface area contributed by atoms with Gasteiger partial charge >= 0.3 is 0 Å². The van der Waals surface area contributed by atoms with E-state index in [2.05, 4.69) is 20.4 Å². The minimum absolute atomic E-state index is 0.195. The molecule has 27 heavy (non-hydrogen) atoms. The SMILES string of the molecule is CSc1nc(C(C)C)nc(C)c1C(=O)Nc1cnn(-c2ccccc2Cl)c1. The van der Waals surface area contributed by atoms with Gasteiger partial charge in [0.25, 0.3) is 5.91 Å². The molecule has 0 fully saturated rings. The van der Waals surface area contributed by atoms with Crippen LogP contribution in [-0.4, -0.2) is 31.9 Å². The first kappa shape index (κ1) is 19.4. The third-order valence-corrected chi connectivity index (χ3v) is 4.95. The van der Waals surface area contributed by atoms with Gasteiger partial charge in [-0.15, -0.1) is 11.8 Å². The molecule has 3 rings (SSSR count). The standard InChI is InChI=1S/C19H20ClN5OS/c1-11(2)17-22-12(3)16(19(24-17)27-4)18(26)23-13-9-21-25(10-13)15-8-6-5-7-14(15)20/h5-11H,1-4H3,(H,23,26). The number of carbonyl (C=O) groups excluding carboxylic acids is 1. The van der Waals surface area contributed by atoms with Gasteiger partial charge in [0.1, 0.15) is 10.9 Å². The zero-order valence-electron chi connectivity index (χ0n) is 15.5. The molecular weight excluding hydrogens is 382 g/mol. The number of amides is 1. The van der Waals surface area contributed by atoms with Gasteiger partial charge in [-0.25, -0.2) is 14.6 Å². The molecule has 0 spiro atoms. The minimum Gasteiger partial charge on any atom is -0.319 e. The first-order valence-corrected chi connectivity index (χ1v) is 10.0. The summed E-state index contributed by atoms with van der Waals surface area (Å²) in [4.78, 5) is 21.9. The summed E-state index contributed by atoms with van der Waals surface area (Å²) in [5, 5.41) is 8.40. The van der Waals surface area contributed by atoms with Crippen LogP contribution in [0.3, 0.4) is 0 Å². The number of aromatic nitrogens is 4. The first-order chi connectivity index (χ1) is 12.9. The van der Waals surface area contributed by atoms with Crippen LogP contribution in [0.15, 0.2) is 41.7 Å². The number of hydrogen-bond donors (Lipinski definition) is 1. The number of thioether (sulfide) groups is 1. The number of hydrogen-bond acceptors (Lipinski definition) is 5. The Morgan fingerprint density at radius 2 is 2.00 bits per heavy atom. The van der Waals surface area contributed by atoms with Gasteiger partial charge in [0, 0.05) is 5.92 Å². The monoisotopic (exact) mass is 401 g/mol. The molecule has 0 aliphatic carbocycles. The van der Waals surface area contributed by atoms with Gasteiger partial charge in [-0.05, 0) is 25.3 Å². The lowest BCUT2D eigenvalue weighted by molar-refractivity contribution is 0.102. The van der Waals surface area contributed by atoms with Crippen LogP contribution in [0, 0.1) is 6.92 Å². The fraction of sp³-hybridized carbons (Fsp3) is 0.263. The van der Waals surface area contributed by atoms with Crippen LogP contribution in [0.5, 0.6) is 0 Å². The highest BCUT2D eigenvalue weighted by Gasteiger charge is 2.20. The maximum atomic E-state index is 12.8.